The molecule has 1 N–H and O–H groups in total. The first kappa shape index (κ1) is 19.6. The minimum absolute atomic E-state index is 0.0646. The molecule has 0 aromatic rings. The van der Waals surface area contributed by atoms with Crippen LogP contribution in [0.3, 0.4) is 0 Å². The van der Waals surface area contributed by atoms with Crippen LogP contribution in [-0.4, -0.2) is 83.9 Å². The molecule has 26 heavy (non-hydrogen) atoms. The fourth-order valence-electron chi connectivity index (χ4n) is 4.49. The largest absolute Gasteiger partial charge is 0.352 e. The summed E-state index contributed by atoms with van der Waals surface area (Å²) in [5.41, 5.74) is 0. The summed E-state index contributed by atoms with van der Waals surface area (Å²) in [4.78, 5) is 31.8. The maximum atomic E-state index is 12.9. The first-order valence-electron chi connectivity index (χ1n) is 10.4. The van der Waals surface area contributed by atoms with Crippen molar-refractivity contribution in [1.82, 2.24) is 20.0 Å². The summed E-state index contributed by atoms with van der Waals surface area (Å²) in [6.07, 6.45) is 3.47. The summed E-state index contributed by atoms with van der Waals surface area (Å²) in [6, 6.07) is 0.274. The molecule has 3 rings (SSSR count). The van der Waals surface area contributed by atoms with E-state index in [1.54, 1.807) is 0 Å². The van der Waals surface area contributed by atoms with E-state index in [0.29, 0.717) is 17.9 Å². The zero-order chi connectivity index (χ0) is 18.8. The van der Waals surface area contributed by atoms with Gasteiger partial charge in [0.1, 0.15) is 0 Å². The van der Waals surface area contributed by atoms with Gasteiger partial charge < -0.3 is 10.2 Å². The van der Waals surface area contributed by atoms with E-state index in [-0.39, 0.29) is 23.9 Å². The van der Waals surface area contributed by atoms with Gasteiger partial charge in [0.05, 0.1) is 12.1 Å². The molecule has 1 aliphatic carbocycles. The highest BCUT2D eigenvalue weighted by molar-refractivity contribution is 5.82. The van der Waals surface area contributed by atoms with E-state index < -0.39 is 0 Å². The molecule has 3 fully saturated rings. The monoisotopic (exact) mass is 364 g/mol. The molecule has 6 heteroatoms. The molecule has 0 aromatic carbocycles. The van der Waals surface area contributed by atoms with Crippen LogP contribution in [0.15, 0.2) is 0 Å². The Balaban J connectivity index is 1.47. The Kier molecular flexibility index (Phi) is 6.23. The predicted octanol–water partition coefficient (Wildman–Crippen LogP) is 1.16. The van der Waals surface area contributed by atoms with Crippen LogP contribution in [0, 0.1) is 11.8 Å². The number of likely N-dealkylation sites (tertiary alicyclic amines) is 1. The van der Waals surface area contributed by atoms with Gasteiger partial charge in [-0.25, -0.2) is 0 Å². The summed E-state index contributed by atoms with van der Waals surface area (Å²) in [5.74, 6) is 1.62. The second kappa shape index (κ2) is 8.26. The summed E-state index contributed by atoms with van der Waals surface area (Å²) >= 11 is 0. The van der Waals surface area contributed by atoms with Crippen molar-refractivity contribution < 1.29 is 9.59 Å². The quantitative estimate of drug-likeness (QED) is 0.796. The summed E-state index contributed by atoms with van der Waals surface area (Å²) < 4.78 is 0. The van der Waals surface area contributed by atoms with Crippen LogP contribution in [-0.2, 0) is 9.59 Å². The molecule has 6 nitrogen and oxygen atoms in total. The zero-order valence-corrected chi connectivity index (χ0v) is 16.9. The van der Waals surface area contributed by atoms with Gasteiger partial charge in [-0.1, -0.05) is 13.8 Å². The van der Waals surface area contributed by atoms with Crippen molar-refractivity contribution in [3.8, 4) is 0 Å². The lowest BCUT2D eigenvalue weighted by Crippen LogP contribution is -2.58. The lowest BCUT2D eigenvalue weighted by Gasteiger charge is -2.42. The zero-order valence-electron chi connectivity index (χ0n) is 16.9. The summed E-state index contributed by atoms with van der Waals surface area (Å²) in [7, 11) is 0. The molecule has 2 aliphatic heterocycles. The highest BCUT2D eigenvalue weighted by atomic mass is 16.2. The second-order valence-corrected chi connectivity index (χ2v) is 8.90. The number of amides is 2. The molecule has 0 bridgehead atoms. The van der Waals surface area contributed by atoms with E-state index in [9.17, 15) is 9.59 Å². The van der Waals surface area contributed by atoms with E-state index in [1.165, 1.54) is 6.42 Å². The molecule has 2 saturated heterocycles. The van der Waals surface area contributed by atoms with E-state index in [4.69, 9.17) is 0 Å². The van der Waals surface area contributed by atoms with Gasteiger partial charge >= 0.3 is 0 Å². The summed E-state index contributed by atoms with van der Waals surface area (Å²) in [6.45, 7) is 13.7. The lowest BCUT2D eigenvalue weighted by molar-refractivity contribution is -0.140. The van der Waals surface area contributed by atoms with Gasteiger partial charge in [-0.2, -0.15) is 0 Å². The number of hydrogen-bond donors (Lipinski definition) is 1. The van der Waals surface area contributed by atoms with E-state index >= 15 is 0 Å². The number of piperidine rings is 1. The third kappa shape index (κ3) is 4.77. The Labute approximate surface area is 158 Å². The smallest absolute Gasteiger partial charge is 0.239 e. The van der Waals surface area contributed by atoms with Crippen LogP contribution in [0.1, 0.15) is 47.0 Å². The van der Waals surface area contributed by atoms with E-state index in [2.05, 4.69) is 33.9 Å². The van der Waals surface area contributed by atoms with Gasteiger partial charge in [0, 0.05) is 45.3 Å². The van der Waals surface area contributed by atoms with Crippen LogP contribution in [0.2, 0.25) is 0 Å². The Hall–Kier alpha value is -1.14. The minimum Gasteiger partial charge on any atom is -0.352 e. The van der Waals surface area contributed by atoms with Crippen LogP contribution >= 0.6 is 0 Å². The number of nitrogens with one attached hydrogen (secondary N) is 1. The Morgan fingerprint density at radius 3 is 1.88 bits per heavy atom. The molecule has 2 heterocycles. The van der Waals surface area contributed by atoms with Crippen molar-refractivity contribution >= 4 is 11.8 Å². The average Bonchev–Trinajstić information content (AvgIpc) is 3.43. The van der Waals surface area contributed by atoms with Crippen LogP contribution in [0.4, 0.5) is 0 Å². The number of nitrogens with zero attached hydrogens (tertiary/aromatic N) is 3. The predicted molar refractivity (Wildman–Crippen MR) is 103 cm³/mol. The standard InChI is InChI=1S/C20H36N4O2/c1-14-11-15(2)13-24(12-14)20(26)17(4)23-9-7-22(8-10-23)16(3)19(25)21-18-5-6-18/h14-18H,5-13H2,1-4H3,(H,21,25). The third-order valence-electron chi connectivity index (χ3n) is 6.29. The number of rotatable bonds is 5. The normalized spacial score (nSPS) is 30.7. The van der Waals surface area contributed by atoms with Gasteiger partial charge in [-0.15, -0.1) is 0 Å². The van der Waals surface area contributed by atoms with E-state index in [0.717, 1.165) is 52.1 Å². The van der Waals surface area contributed by atoms with E-state index in [1.807, 2.05) is 13.8 Å². The van der Waals surface area contributed by atoms with Gasteiger partial charge in [0.2, 0.25) is 11.8 Å². The lowest BCUT2D eigenvalue weighted by atomic mass is 9.91. The van der Waals surface area contributed by atoms with Gasteiger partial charge in [0.15, 0.2) is 0 Å². The fraction of sp³-hybridized carbons (Fsp3) is 0.900. The fourth-order valence-corrected chi connectivity index (χ4v) is 4.49. The van der Waals surface area contributed by atoms with Crippen LogP contribution in [0.25, 0.3) is 0 Å². The highest BCUT2D eigenvalue weighted by Crippen LogP contribution is 2.23. The molecule has 1 saturated carbocycles. The highest BCUT2D eigenvalue weighted by Gasteiger charge is 2.34. The van der Waals surface area contributed by atoms with Crippen molar-refractivity contribution in [3.63, 3.8) is 0 Å². The molecule has 0 aromatic heterocycles. The molecule has 0 spiro atoms. The Morgan fingerprint density at radius 2 is 1.38 bits per heavy atom. The van der Waals surface area contributed by atoms with Crippen molar-refractivity contribution in [3.05, 3.63) is 0 Å². The van der Waals surface area contributed by atoms with Crippen molar-refractivity contribution in [2.24, 2.45) is 11.8 Å². The Morgan fingerprint density at radius 1 is 0.885 bits per heavy atom. The molecule has 148 valence electrons. The molecule has 3 aliphatic rings. The molecular weight excluding hydrogens is 328 g/mol. The van der Waals surface area contributed by atoms with Crippen molar-refractivity contribution in [1.29, 1.82) is 0 Å². The SMILES string of the molecule is CC1CC(C)CN(C(=O)C(C)N2CCN(C(C)C(=O)NC3CC3)CC2)C1. The molecule has 4 unspecified atom stereocenters. The second-order valence-electron chi connectivity index (χ2n) is 8.90. The van der Waals surface area contributed by atoms with Crippen LogP contribution in [0.5, 0.6) is 0 Å². The number of piperazine rings is 1. The first-order chi connectivity index (χ1) is 12.3. The molecule has 4 atom stereocenters. The molecule has 2 amide bonds. The number of carbonyl (C=O) groups excluding carboxylic acids is 2. The molecule has 0 radical (unpaired) electrons. The third-order valence-corrected chi connectivity index (χ3v) is 6.29. The van der Waals surface area contributed by atoms with Gasteiger partial charge in [0.25, 0.3) is 0 Å². The molecular formula is C20H36N4O2. The number of hydrogen-bond acceptors (Lipinski definition) is 4. The minimum atomic E-state index is -0.0763. The average molecular weight is 365 g/mol. The first-order valence-corrected chi connectivity index (χ1v) is 10.4. The summed E-state index contributed by atoms with van der Waals surface area (Å²) in [5, 5.41) is 3.10. The van der Waals surface area contributed by atoms with Crippen molar-refractivity contribution in [2.45, 2.75) is 65.1 Å². The van der Waals surface area contributed by atoms with Crippen LogP contribution < -0.4 is 5.32 Å². The maximum absolute atomic E-state index is 12.9. The topological polar surface area (TPSA) is 55.9 Å². The Bertz CT molecular complexity index is 504. The van der Waals surface area contributed by atoms with Gasteiger partial charge in [-0.3, -0.25) is 19.4 Å². The number of carbonyl (C=O) groups is 2. The maximum Gasteiger partial charge on any atom is 0.239 e. The van der Waals surface area contributed by atoms with Gasteiger partial charge in [-0.05, 0) is 44.9 Å². The van der Waals surface area contributed by atoms with Crippen molar-refractivity contribution in [2.75, 3.05) is 39.3 Å².